The molecule has 2 atom stereocenters. The number of nitrogens with zero attached hydrogens (tertiary/aromatic N) is 4. The van der Waals surface area contributed by atoms with Gasteiger partial charge in [0.25, 0.3) is 5.91 Å². The maximum Gasteiger partial charge on any atom is 0.255 e. The number of H-pyrrole nitrogens is 1. The number of hydrogen-bond donors (Lipinski definition) is 4. The molecular weight excluding hydrogens is 495 g/mol. The highest BCUT2D eigenvalue weighted by atomic mass is 19.1. The van der Waals surface area contributed by atoms with Crippen molar-refractivity contribution in [3.05, 3.63) is 101 Å². The third-order valence-corrected chi connectivity index (χ3v) is 6.52. The number of amides is 1. The van der Waals surface area contributed by atoms with Crippen LogP contribution in [0.3, 0.4) is 0 Å². The Morgan fingerprint density at radius 1 is 0.974 bits per heavy atom. The van der Waals surface area contributed by atoms with Gasteiger partial charge in [0.2, 0.25) is 0 Å². The number of fused-ring (bicyclic) bond motifs is 1. The van der Waals surface area contributed by atoms with Crippen LogP contribution in [-0.2, 0) is 0 Å². The van der Waals surface area contributed by atoms with Crippen LogP contribution in [0.2, 0.25) is 0 Å². The SMILES string of the molecule is CC(NC(=O)c1cc(C#N)cnc1NC(C)c1ccc(-c2cnc3[nH]nc(N)c3c2)cc1)c1ccc(F)cc1. The molecule has 1 amide bonds. The number of nitrogens with one attached hydrogen (secondary N) is 3. The van der Waals surface area contributed by atoms with Gasteiger partial charge in [-0.05, 0) is 54.8 Å². The Bertz CT molecular complexity index is 1690. The van der Waals surface area contributed by atoms with Crippen molar-refractivity contribution in [2.45, 2.75) is 25.9 Å². The van der Waals surface area contributed by atoms with Crippen molar-refractivity contribution in [1.82, 2.24) is 25.5 Å². The van der Waals surface area contributed by atoms with Crippen LogP contribution in [0.25, 0.3) is 22.2 Å². The number of aromatic nitrogens is 4. The molecule has 0 aliphatic carbocycles. The average molecular weight is 521 g/mol. The molecule has 3 heterocycles. The number of nitrogen functional groups attached to an aromatic ring is 1. The van der Waals surface area contributed by atoms with Crippen LogP contribution in [0.5, 0.6) is 0 Å². The van der Waals surface area contributed by atoms with Crippen LogP contribution in [0.1, 0.15) is 53.0 Å². The highest BCUT2D eigenvalue weighted by molar-refractivity contribution is 5.99. The van der Waals surface area contributed by atoms with Gasteiger partial charge in [0.15, 0.2) is 11.5 Å². The van der Waals surface area contributed by atoms with Gasteiger partial charge in [-0.3, -0.25) is 9.89 Å². The number of nitriles is 1. The number of halogens is 1. The number of hydrogen-bond acceptors (Lipinski definition) is 7. The van der Waals surface area contributed by atoms with E-state index in [1.807, 2.05) is 43.3 Å². The first-order chi connectivity index (χ1) is 18.8. The molecule has 0 aliphatic heterocycles. The van der Waals surface area contributed by atoms with Gasteiger partial charge in [0.05, 0.1) is 22.6 Å². The molecule has 3 aromatic heterocycles. The molecule has 9 nitrogen and oxygen atoms in total. The summed E-state index contributed by atoms with van der Waals surface area (Å²) in [5.41, 5.74) is 10.6. The van der Waals surface area contributed by atoms with Crippen LogP contribution in [-0.4, -0.2) is 26.1 Å². The molecule has 39 heavy (non-hydrogen) atoms. The van der Waals surface area contributed by atoms with E-state index >= 15 is 0 Å². The van der Waals surface area contributed by atoms with Gasteiger partial charge in [-0.2, -0.15) is 10.4 Å². The number of rotatable bonds is 7. The highest BCUT2D eigenvalue weighted by Crippen LogP contribution is 2.28. The molecule has 0 spiro atoms. The molecule has 0 bridgehead atoms. The first-order valence-corrected chi connectivity index (χ1v) is 12.3. The molecule has 0 radical (unpaired) electrons. The van der Waals surface area contributed by atoms with Crippen LogP contribution in [0.15, 0.2) is 73.1 Å². The minimum Gasteiger partial charge on any atom is -0.382 e. The van der Waals surface area contributed by atoms with Crippen molar-refractivity contribution in [3.8, 4) is 17.2 Å². The molecule has 10 heteroatoms. The Morgan fingerprint density at radius 3 is 2.38 bits per heavy atom. The summed E-state index contributed by atoms with van der Waals surface area (Å²) in [7, 11) is 0. The van der Waals surface area contributed by atoms with Crippen LogP contribution in [0.4, 0.5) is 16.0 Å². The van der Waals surface area contributed by atoms with Gasteiger partial charge in [0.1, 0.15) is 17.7 Å². The fraction of sp³-hybridized carbons (Fsp3) is 0.138. The minimum atomic E-state index is -0.400. The van der Waals surface area contributed by atoms with Crippen molar-refractivity contribution in [1.29, 1.82) is 5.26 Å². The van der Waals surface area contributed by atoms with Gasteiger partial charge in [-0.1, -0.05) is 36.4 Å². The van der Waals surface area contributed by atoms with Crippen molar-refractivity contribution < 1.29 is 9.18 Å². The monoisotopic (exact) mass is 520 g/mol. The maximum absolute atomic E-state index is 13.3. The molecule has 194 valence electrons. The largest absolute Gasteiger partial charge is 0.382 e. The van der Waals surface area contributed by atoms with E-state index in [0.29, 0.717) is 17.3 Å². The minimum absolute atomic E-state index is 0.203. The zero-order chi connectivity index (χ0) is 27.5. The second-order valence-electron chi connectivity index (χ2n) is 9.20. The van der Waals surface area contributed by atoms with Crippen LogP contribution >= 0.6 is 0 Å². The first-order valence-electron chi connectivity index (χ1n) is 12.3. The Balaban J connectivity index is 1.34. The lowest BCUT2D eigenvalue weighted by Crippen LogP contribution is -2.28. The van der Waals surface area contributed by atoms with Gasteiger partial charge >= 0.3 is 0 Å². The van der Waals surface area contributed by atoms with Gasteiger partial charge in [-0.15, -0.1) is 0 Å². The Labute approximate surface area is 223 Å². The zero-order valence-electron chi connectivity index (χ0n) is 21.2. The molecule has 5 N–H and O–H groups in total. The number of carbonyl (C=O) groups is 1. The second-order valence-corrected chi connectivity index (χ2v) is 9.20. The van der Waals surface area contributed by atoms with Gasteiger partial charge in [0, 0.05) is 24.0 Å². The van der Waals surface area contributed by atoms with Crippen molar-refractivity contribution in [3.63, 3.8) is 0 Å². The predicted molar refractivity (Wildman–Crippen MR) is 147 cm³/mol. The van der Waals surface area contributed by atoms with Gasteiger partial charge in [-0.25, -0.2) is 14.4 Å². The molecule has 5 aromatic rings. The number of carbonyl (C=O) groups excluding carboxylic acids is 1. The third kappa shape index (κ3) is 5.38. The lowest BCUT2D eigenvalue weighted by Gasteiger charge is -2.19. The van der Waals surface area contributed by atoms with Crippen molar-refractivity contribution >= 4 is 28.6 Å². The molecule has 0 saturated heterocycles. The van der Waals surface area contributed by atoms with E-state index in [4.69, 9.17) is 5.73 Å². The molecule has 0 fully saturated rings. The lowest BCUT2D eigenvalue weighted by molar-refractivity contribution is 0.0940. The summed E-state index contributed by atoms with van der Waals surface area (Å²) >= 11 is 0. The normalized spacial score (nSPS) is 12.5. The Morgan fingerprint density at radius 2 is 1.67 bits per heavy atom. The smallest absolute Gasteiger partial charge is 0.255 e. The molecule has 5 rings (SSSR count). The van der Waals surface area contributed by atoms with E-state index in [9.17, 15) is 14.4 Å². The van der Waals surface area contributed by atoms with Crippen molar-refractivity contribution in [2.24, 2.45) is 0 Å². The molecule has 0 saturated carbocycles. The summed E-state index contributed by atoms with van der Waals surface area (Å²) in [5.74, 6) is -0.00457. The van der Waals surface area contributed by atoms with Crippen molar-refractivity contribution in [2.75, 3.05) is 11.1 Å². The summed E-state index contributed by atoms with van der Waals surface area (Å²) in [6, 6.07) is 18.7. The van der Waals surface area contributed by atoms with Crippen LogP contribution < -0.4 is 16.4 Å². The summed E-state index contributed by atoms with van der Waals surface area (Å²) in [5, 5.41) is 23.1. The van der Waals surface area contributed by atoms with Gasteiger partial charge < -0.3 is 16.4 Å². The molecule has 2 aromatic carbocycles. The van der Waals surface area contributed by atoms with E-state index in [1.165, 1.54) is 24.4 Å². The van der Waals surface area contributed by atoms with Crippen LogP contribution in [0, 0.1) is 17.1 Å². The molecule has 0 aliphatic rings. The summed E-state index contributed by atoms with van der Waals surface area (Å²) in [6.45, 7) is 3.76. The van der Waals surface area contributed by atoms with E-state index in [0.717, 1.165) is 27.6 Å². The summed E-state index contributed by atoms with van der Waals surface area (Å²) in [6.07, 6.45) is 3.18. The first kappa shape index (κ1) is 25.4. The number of anilines is 2. The van der Waals surface area contributed by atoms with E-state index in [2.05, 4.69) is 30.8 Å². The fourth-order valence-electron chi connectivity index (χ4n) is 4.26. The quantitative estimate of drug-likeness (QED) is 0.228. The highest BCUT2D eigenvalue weighted by Gasteiger charge is 2.19. The lowest BCUT2D eigenvalue weighted by atomic mass is 10.0. The summed E-state index contributed by atoms with van der Waals surface area (Å²) in [4.78, 5) is 21.9. The predicted octanol–water partition coefficient (Wildman–Crippen LogP) is 5.28. The average Bonchev–Trinajstić information content (AvgIpc) is 3.33. The molecule has 2 unspecified atom stereocenters. The molecular formula is C29H25FN8O. The topological polar surface area (TPSA) is 145 Å². The Hall–Kier alpha value is -5.30. The zero-order valence-corrected chi connectivity index (χ0v) is 21.2. The Kier molecular flexibility index (Phi) is 6.89. The van der Waals surface area contributed by atoms with E-state index < -0.39 is 5.91 Å². The van der Waals surface area contributed by atoms with E-state index in [-0.39, 0.29) is 29.0 Å². The van der Waals surface area contributed by atoms with E-state index in [1.54, 1.807) is 25.3 Å². The fourth-order valence-corrected chi connectivity index (χ4v) is 4.26. The second kappa shape index (κ2) is 10.6. The number of nitrogens with two attached hydrogens (primary N) is 1. The number of pyridine rings is 2. The summed E-state index contributed by atoms with van der Waals surface area (Å²) < 4.78 is 13.3. The third-order valence-electron chi connectivity index (χ3n) is 6.52. The number of aromatic amines is 1. The standard InChI is InChI=1S/C29H25FN8O/c1-16(19-3-5-21(6-4-19)22-12-24-26(32)37-38-28(24)34-15-22)35-27-25(11-18(13-31)14-33-27)29(39)36-17(2)20-7-9-23(30)10-8-20/h3-12,14-17H,1-2H3,(H,33,35)(H,36,39)(H3,32,34,37,38). The number of benzene rings is 2. The maximum atomic E-state index is 13.3.